The van der Waals surface area contributed by atoms with Crippen molar-refractivity contribution in [2.45, 2.75) is 32.6 Å². The molecule has 0 N–H and O–H groups in total. The maximum absolute atomic E-state index is 14.5. The molecule has 6 nitrogen and oxygen atoms in total. The van der Waals surface area contributed by atoms with E-state index in [1.165, 1.54) is 18.2 Å². The van der Waals surface area contributed by atoms with Crippen molar-refractivity contribution < 1.29 is 27.7 Å². The third kappa shape index (κ3) is 4.85. The highest BCUT2D eigenvalue weighted by Crippen LogP contribution is 2.33. The van der Waals surface area contributed by atoms with Gasteiger partial charge in [-0.3, -0.25) is 14.9 Å². The first-order valence-electron chi connectivity index (χ1n) is 9.79. The first-order valence-corrected chi connectivity index (χ1v) is 10.3. The third-order valence-electron chi connectivity index (χ3n) is 4.72. The number of ketones is 1. The van der Waals surface area contributed by atoms with Crippen LogP contribution < -0.4 is 4.74 Å². The minimum atomic E-state index is -1.02. The number of furan rings is 1. The largest absolute Gasteiger partial charge is 0.488 e. The predicted molar refractivity (Wildman–Crippen MR) is 112 cm³/mol. The molecule has 31 heavy (non-hydrogen) atoms. The van der Waals surface area contributed by atoms with Gasteiger partial charge >= 0.3 is 0 Å². The van der Waals surface area contributed by atoms with Crippen LogP contribution in [0, 0.1) is 21.7 Å². The molecular formula is C22H20ClF2NO5. The average Bonchev–Trinajstić information content (AvgIpc) is 3.10. The average molecular weight is 452 g/mol. The van der Waals surface area contributed by atoms with Gasteiger partial charge in [-0.2, -0.15) is 0 Å². The number of nitrogens with zero attached hydrogens (tertiary/aromatic N) is 1. The highest BCUT2D eigenvalue weighted by atomic mass is 35.5. The Kier molecular flexibility index (Phi) is 7.22. The lowest BCUT2D eigenvalue weighted by Crippen LogP contribution is -2.08. The summed E-state index contributed by atoms with van der Waals surface area (Å²) in [7, 11) is 0. The minimum absolute atomic E-state index is 0.0296. The molecule has 0 atom stereocenters. The van der Waals surface area contributed by atoms with Crippen molar-refractivity contribution >= 4 is 34.0 Å². The van der Waals surface area contributed by atoms with Gasteiger partial charge in [-0.05, 0) is 31.0 Å². The summed E-state index contributed by atoms with van der Waals surface area (Å²) in [5, 5.41) is 11.4. The Hall–Kier alpha value is -3.00. The number of halogens is 3. The van der Waals surface area contributed by atoms with Crippen LogP contribution in [0.25, 0.3) is 11.0 Å². The zero-order valence-electron chi connectivity index (χ0n) is 16.8. The third-order valence-corrected chi connectivity index (χ3v) is 4.99. The molecule has 0 fully saturated rings. The number of hydrogen-bond acceptors (Lipinski definition) is 5. The van der Waals surface area contributed by atoms with Crippen molar-refractivity contribution in [2.24, 2.45) is 0 Å². The van der Waals surface area contributed by atoms with Crippen LogP contribution in [0.1, 0.15) is 47.9 Å². The Labute approximate surface area is 181 Å². The molecule has 0 aliphatic rings. The smallest absolute Gasteiger partial charge is 0.270 e. The number of non-ortho nitro benzene ring substituents is 1. The molecule has 0 radical (unpaired) electrons. The maximum Gasteiger partial charge on any atom is 0.270 e. The maximum atomic E-state index is 14.5. The van der Waals surface area contributed by atoms with Crippen LogP contribution >= 0.6 is 11.6 Å². The van der Waals surface area contributed by atoms with Gasteiger partial charge in [-0.15, -0.1) is 11.6 Å². The van der Waals surface area contributed by atoms with Crippen LogP contribution in [-0.2, 0) is 6.42 Å². The second kappa shape index (κ2) is 9.87. The van der Waals surface area contributed by atoms with E-state index in [9.17, 15) is 23.7 Å². The summed E-state index contributed by atoms with van der Waals surface area (Å²) in [4.78, 5) is 23.8. The number of nitro benzene ring substituents is 1. The van der Waals surface area contributed by atoms with Crippen LogP contribution in [-0.4, -0.2) is 23.2 Å². The normalized spacial score (nSPS) is 11.1. The quantitative estimate of drug-likeness (QED) is 0.120. The predicted octanol–water partition coefficient (Wildman–Crippen LogP) is 6.20. The Bertz CT molecular complexity index is 1110. The molecule has 0 saturated heterocycles. The number of carbonyl (C=O) groups excluding carboxylic acids is 1. The molecular weight excluding hydrogens is 432 g/mol. The summed E-state index contributed by atoms with van der Waals surface area (Å²) in [6.45, 7) is 1.99. The van der Waals surface area contributed by atoms with E-state index >= 15 is 0 Å². The summed E-state index contributed by atoms with van der Waals surface area (Å²) in [5.41, 5.74) is -0.0970. The zero-order valence-corrected chi connectivity index (χ0v) is 17.5. The number of benzene rings is 2. The topological polar surface area (TPSA) is 82.6 Å². The Morgan fingerprint density at radius 2 is 1.90 bits per heavy atom. The van der Waals surface area contributed by atoms with Gasteiger partial charge in [0.15, 0.2) is 23.2 Å². The standard InChI is InChI=1S/C22H20ClF2NO5/c1-2-3-5-19-20(15-12-14(26(28)29)6-7-18(15)31-19)21(27)13-10-16(24)22(17(25)11-13)30-9-4-8-23/h6-7,10-12H,2-5,8-9H2,1H3. The Balaban J connectivity index is 2.08. The van der Waals surface area contributed by atoms with E-state index < -0.39 is 28.1 Å². The number of alkyl halides is 1. The lowest BCUT2D eigenvalue weighted by Gasteiger charge is -2.10. The van der Waals surface area contributed by atoms with Gasteiger partial charge in [-0.1, -0.05) is 13.3 Å². The summed E-state index contributed by atoms with van der Waals surface area (Å²) in [6, 6.07) is 5.70. The SMILES string of the molecule is CCCCc1oc2ccc([N+](=O)[O-])cc2c1C(=O)c1cc(F)c(OCCCCl)c(F)c1. The number of unbranched alkanes of at least 4 members (excludes halogenated alkanes) is 1. The number of ether oxygens (including phenoxy) is 1. The van der Waals surface area contributed by atoms with Crippen molar-refractivity contribution in [1.82, 2.24) is 0 Å². The Morgan fingerprint density at radius 1 is 1.19 bits per heavy atom. The molecule has 2 aromatic carbocycles. The number of fused-ring (bicyclic) bond motifs is 1. The molecule has 0 bridgehead atoms. The van der Waals surface area contributed by atoms with Crippen molar-refractivity contribution in [3.05, 3.63) is 69.0 Å². The van der Waals surface area contributed by atoms with Gasteiger partial charge in [0.1, 0.15) is 11.3 Å². The fourth-order valence-corrected chi connectivity index (χ4v) is 3.32. The minimum Gasteiger partial charge on any atom is -0.488 e. The highest BCUT2D eigenvalue weighted by molar-refractivity contribution is 6.18. The van der Waals surface area contributed by atoms with Crippen molar-refractivity contribution in [1.29, 1.82) is 0 Å². The van der Waals surface area contributed by atoms with Gasteiger partial charge in [-0.25, -0.2) is 8.78 Å². The number of rotatable bonds is 10. The van der Waals surface area contributed by atoms with E-state index in [0.717, 1.165) is 18.6 Å². The summed E-state index contributed by atoms with van der Waals surface area (Å²) < 4.78 is 39.8. The molecule has 0 saturated carbocycles. The fourth-order valence-electron chi connectivity index (χ4n) is 3.21. The van der Waals surface area contributed by atoms with E-state index in [0.29, 0.717) is 30.6 Å². The van der Waals surface area contributed by atoms with Gasteiger partial charge in [0.2, 0.25) is 0 Å². The van der Waals surface area contributed by atoms with Gasteiger partial charge in [0.25, 0.3) is 5.69 Å². The van der Waals surface area contributed by atoms with Gasteiger partial charge in [0, 0.05) is 35.4 Å². The molecule has 3 aromatic rings. The van der Waals surface area contributed by atoms with Crippen LogP contribution in [0.5, 0.6) is 5.75 Å². The Morgan fingerprint density at radius 3 is 2.52 bits per heavy atom. The molecule has 0 aliphatic heterocycles. The monoisotopic (exact) mass is 451 g/mol. The molecule has 0 amide bonds. The second-order valence-electron chi connectivity index (χ2n) is 6.93. The first kappa shape index (κ1) is 22.7. The number of aryl methyl sites for hydroxylation is 1. The molecule has 0 spiro atoms. The van der Waals surface area contributed by atoms with Crippen LogP contribution in [0.3, 0.4) is 0 Å². The second-order valence-corrected chi connectivity index (χ2v) is 7.31. The number of hydrogen-bond donors (Lipinski definition) is 0. The molecule has 0 unspecified atom stereocenters. The molecule has 1 heterocycles. The molecule has 164 valence electrons. The summed E-state index contributed by atoms with van der Waals surface area (Å²) in [5.74, 6) is -2.71. The molecule has 1 aromatic heterocycles. The van der Waals surface area contributed by atoms with Crippen molar-refractivity contribution in [3.63, 3.8) is 0 Å². The van der Waals surface area contributed by atoms with Crippen molar-refractivity contribution in [2.75, 3.05) is 12.5 Å². The van der Waals surface area contributed by atoms with E-state index in [2.05, 4.69) is 0 Å². The zero-order chi connectivity index (χ0) is 22.5. The lowest BCUT2D eigenvalue weighted by atomic mass is 9.97. The van der Waals surface area contributed by atoms with E-state index in [-0.39, 0.29) is 34.7 Å². The van der Waals surface area contributed by atoms with Gasteiger partial charge < -0.3 is 9.15 Å². The van der Waals surface area contributed by atoms with E-state index in [4.69, 9.17) is 20.8 Å². The summed E-state index contributed by atoms with van der Waals surface area (Å²) >= 11 is 5.54. The lowest BCUT2D eigenvalue weighted by molar-refractivity contribution is -0.384. The van der Waals surface area contributed by atoms with E-state index in [1.807, 2.05) is 6.92 Å². The molecule has 0 aliphatic carbocycles. The first-order chi connectivity index (χ1) is 14.9. The van der Waals surface area contributed by atoms with Crippen LogP contribution in [0.15, 0.2) is 34.7 Å². The fraction of sp³-hybridized carbons (Fsp3) is 0.318. The van der Waals surface area contributed by atoms with Crippen LogP contribution in [0.4, 0.5) is 14.5 Å². The van der Waals surface area contributed by atoms with E-state index in [1.54, 1.807) is 0 Å². The molecule has 9 heteroatoms. The van der Waals surface area contributed by atoms with Crippen LogP contribution in [0.2, 0.25) is 0 Å². The van der Waals surface area contributed by atoms with Gasteiger partial charge in [0.05, 0.1) is 17.1 Å². The highest BCUT2D eigenvalue weighted by Gasteiger charge is 2.25. The number of nitro groups is 1. The number of carbonyl (C=O) groups is 1. The molecule has 3 rings (SSSR count). The summed E-state index contributed by atoms with van der Waals surface area (Å²) in [6.07, 6.45) is 2.34. The van der Waals surface area contributed by atoms with Crippen molar-refractivity contribution in [3.8, 4) is 5.75 Å².